The number of aryl methyl sites for hydroxylation is 1. The number of nitrogens with zero attached hydrogens (tertiary/aromatic N) is 1. The molecule has 6 heteroatoms. The van der Waals surface area contributed by atoms with Crippen LogP contribution in [0.15, 0.2) is 78.4 Å². The fourth-order valence-corrected chi connectivity index (χ4v) is 4.68. The van der Waals surface area contributed by atoms with E-state index >= 15 is 0 Å². The maximum atomic E-state index is 13.7. The molecule has 6 nitrogen and oxygen atoms in total. The molecule has 4 rings (SSSR count). The van der Waals surface area contributed by atoms with Gasteiger partial charge in [0.1, 0.15) is 12.4 Å². The number of benzene rings is 3. The number of rotatable bonds is 9. The summed E-state index contributed by atoms with van der Waals surface area (Å²) in [5.74, 6) is -0.794. The van der Waals surface area contributed by atoms with E-state index in [9.17, 15) is 14.7 Å². The van der Waals surface area contributed by atoms with Gasteiger partial charge in [0.25, 0.3) is 5.91 Å². The van der Waals surface area contributed by atoms with Gasteiger partial charge in [-0.3, -0.25) is 9.59 Å². The molecular formula is C32H36N2O4. The van der Waals surface area contributed by atoms with Crippen LogP contribution in [0.4, 0.5) is 0 Å². The van der Waals surface area contributed by atoms with Crippen LogP contribution in [0, 0.1) is 6.92 Å². The monoisotopic (exact) mass is 512 g/mol. The number of likely N-dealkylation sites (tertiary alicyclic amines) is 1. The molecule has 1 aliphatic heterocycles. The summed E-state index contributed by atoms with van der Waals surface area (Å²) >= 11 is 0. The molecular weight excluding hydrogens is 476 g/mol. The summed E-state index contributed by atoms with van der Waals surface area (Å²) in [4.78, 5) is 29.0. The Balaban J connectivity index is 1.65. The number of quaternary nitrogens is 1. The number of ketones is 1. The van der Waals surface area contributed by atoms with E-state index in [1.165, 1.54) is 0 Å². The first-order chi connectivity index (χ1) is 18.2. The number of amides is 1. The first-order valence-corrected chi connectivity index (χ1v) is 13.1. The molecule has 1 atom stereocenters. The van der Waals surface area contributed by atoms with Crippen molar-refractivity contribution in [3.63, 3.8) is 0 Å². The van der Waals surface area contributed by atoms with Crippen molar-refractivity contribution in [2.24, 2.45) is 0 Å². The molecule has 1 N–H and O–H groups in total. The van der Waals surface area contributed by atoms with Gasteiger partial charge in [-0.2, -0.15) is 0 Å². The van der Waals surface area contributed by atoms with E-state index in [1.54, 1.807) is 29.2 Å². The largest absolute Gasteiger partial charge is 0.872 e. The summed E-state index contributed by atoms with van der Waals surface area (Å²) in [5, 5.41) is 13.7. The van der Waals surface area contributed by atoms with E-state index in [0.717, 1.165) is 27.2 Å². The predicted octanol–water partition coefficient (Wildman–Crippen LogP) is 3.07. The van der Waals surface area contributed by atoms with E-state index in [4.69, 9.17) is 4.74 Å². The third-order valence-electron chi connectivity index (χ3n) is 6.91. The average Bonchev–Trinajstić information content (AvgIpc) is 3.15. The fourth-order valence-electron chi connectivity index (χ4n) is 4.68. The summed E-state index contributed by atoms with van der Waals surface area (Å²) in [5.41, 5.74) is 4.50. The Bertz CT molecular complexity index is 1320. The molecule has 0 spiro atoms. The van der Waals surface area contributed by atoms with Crippen LogP contribution in [0.25, 0.3) is 5.76 Å². The van der Waals surface area contributed by atoms with Gasteiger partial charge in [-0.05, 0) is 47.2 Å². The third kappa shape index (κ3) is 5.97. The van der Waals surface area contributed by atoms with Crippen LogP contribution in [0.1, 0.15) is 53.6 Å². The Hall–Kier alpha value is -3.90. The maximum Gasteiger partial charge on any atom is 0.295 e. The quantitative estimate of drug-likeness (QED) is 0.272. The normalized spacial score (nSPS) is 17.0. The highest BCUT2D eigenvalue weighted by Gasteiger charge is 2.44. The van der Waals surface area contributed by atoms with Crippen molar-refractivity contribution in [1.29, 1.82) is 0 Å². The number of carbonyl (C=O) groups excluding carboxylic acids is 2. The molecule has 0 aromatic heterocycles. The van der Waals surface area contributed by atoms with Crippen molar-refractivity contribution in [2.45, 2.75) is 39.3 Å². The number of hydrogen-bond acceptors (Lipinski definition) is 4. The SMILES string of the molecule is Cc1cccc(COc2ccc(C([O-])=C3C(=O)C(=O)N(CC[NH+](C)C)C3c3ccc(C(C)C)cc3)cc2)c1. The topological polar surface area (TPSA) is 74.1 Å². The Labute approximate surface area is 225 Å². The molecule has 198 valence electrons. The van der Waals surface area contributed by atoms with Crippen molar-refractivity contribution in [3.8, 4) is 5.75 Å². The molecule has 1 fully saturated rings. The first kappa shape index (κ1) is 27.1. The zero-order valence-electron chi connectivity index (χ0n) is 22.8. The van der Waals surface area contributed by atoms with Crippen LogP contribution in [0.2, 0.25) is 0 Å². The lowest BCUT2D eigenvalue weighted by molar-refractivity contribution is -0.857. The molecule has 38 heavy (non-hydrogen) atoms. The van der Waals surface area contributed by atoms with E-state index in [-0.39, 0.29) is 5.57 Å². The standard InChI is InChI=1S/C32H36N2O4/c1-21(2)24-9-11-25(12-10-24)29-28(31(36)32(37)34(29)18-17-33(4)5)30(35)26-13-15-27(16-14-26)38-20-23-8-6-7-22(3)19-23/h6-16,19,21,29,35H,17-18,20H2,1-5H3. The minimum absolute atomic E-state index is 0.00878. The number of nitrogens with one attached hydrogen (secondary N) is 1. The summed E-state index contributed by atoms with van der Waals surface area (Å²) in [7, 11) is 3.99. The highest BCUT2D eigenvalue weighted by atomic mass is 16.5. The van der Waals surface area contributed by atoms with Crippen LogP contribution in [0.5, 0.6) is 5.75 Å². The van der Waals surface area contributed by atoms with Gasteiger partial charge in [-0.25, -0.2) is 0 Å². The van der Waals surface area contributed by atoms with Gasteiger partial charge in [0, 0.05) is 5.57 Å². The lowest BCUT2D eigenvalue weighted by Crippen LogP contribution is -3.06. The second-order valence-corrected chi connectivity index (χ2v) is 10.6. The van der Waals surface area contributed by atoms with Gasteiger partial charge in [-0.15, -0.1) is 0 Å². The van der Waals surface area contributed by atoms with Crippen LogP contribution in [0.3, 0.4) is 0 Å². The number of Topliss-reactive ketones (excluding diaryl/α,β-unsaturated/α-hetero) is 1. The predicted molar refractivity (Wildman–Crippen MR) is 147 cm³/mol. The van der Waals surface area contributed by atoms with Gasteiger partial charge < -0.3 is 19.6 Å². The smallest absolute Gasteiger partial charge is 0.295 e. The minimum atomic E-state index is -0.721. The fraction of sp³-hybridized carbons (Fsp3) is 0.312. The summed E-state index contributed by atoms with van der Waals surface area (Å²) in [6.45, 7) is 7.71. The van der Waals surface area contributed by atoms with Gasteiger partial charge in [0.2, 0.25) is 5.78 Å². The lowest BCUT2D eigenvalue weighted by atomic mass is 9.93. The van der Waals surface area contributed by atoms with Crippen LogP contribution >= 0.6 is 0 Å². The molecule has 1 unspecified atom stereocenters. The Kier molecular flexibility index (Phi) is 8.32. The highest BCUT2D eigenvalue weighted by Crippen LogP contribution is 2.39. The Morgan fingerprint density at radius 3 is 2.29 bits per heavy atom. The zero-order valence-corrected chi connectivity index (χ0v) is 22.8. The van der Waals surface area contributed by atoms with Gasteiger partial charge in [-0.1, -0.05) is 85.8 Å². The average molecular weight is 513 g/mol. The minimum Gasteiger partial charge on any atom is -0.872 e. The first-order valence-electron chi connectivity index (χ1n) is 13.1. The zero-order chi connectivity index (χ0) is 27.4. The van der Waals surface area contributed by atoms with Gasteiger partial charge in [0.05, 0.1) is 33.2 Å². The molecule has 1 heterocycles. The van der Waals surface area contributed by atoms with Gasteiger partial charge in [0.15, 0.2) is 0 Å². The molecule has 3 aromatic carbocycles. The third-order valence-corrected chi connectivity index (χ3v) is 6.91. The molecule has 0 aliphatic carbocycles. The van der Waals surface area contributed by atoms with Crippen molar-refractivity contribution >= 4 is 17.4 Å². The summed E-state index contributed by atoms with van der Waals surface area (Å²) < 4.78 is 5.89. The van der Waals surface area contributed by atoms with Gasteiger partial charge >= 0.3 is 0 Å². The number of hydrogen-bond donors (Lipinski definition) is 1. The molecule has 0 saturated carbocycles. The molecule has 0 bridgehead atoms. The van der Waals surface area contributed by atoms with Crippen molar-refractivity contribution in [2.75, 3.05) is 27.2 Å². The Morgan fingerprint density at radius 1 is 1.00 bits per heavy atom. The van der Waals surface area contributed by atoms with Crippen molar-refractivity contribution in [3.05, 3.63) is 106 Å². The van der Waals surface area contributed by atoms with E-state index in [0.29, 0.717) is 36.9 Å². The van der Waals surface area contributed by atoms with Crippen LogP contribution in [-0.2, 0) is 16.2 Å². The Morgan fingerprint density at radius 2 is 1.68 bits per heavy atom. The lowest BCUT2D eigenvalue weighted by Gasteiger charge is -2.28. The maximum absolute atomic E-state index is 13.7. The molecule has 1 saturated heterocycles. The van der Waals surface area contributed by atoms with Crippen molar-refractivity contribution in [1.82, 2.24) is 4.90 Å². The molecule has 3 aromatic rings. The number of ether oxygens (including phenoxy) is 1. The molecule has 0 radical (unpaired) electrons. The van der Waals surface area contributed by atoms with E-state index in [1.807, 2.05) is 63.5 Å². The van der Waals surface area contributed by atoms with E-state index in [2.05, 4.69) is 19.9 Å². The van der Waals surface area contributed by atoms with E-state index < -0.39 is 23.5 Å². The molecule has 1 amide bonds. The van der Waals surface area contributed by atoms with Crippen LogP contribution in [-0.4, -0.2) is 43.8 Å². The number of likely N-dealkylation sites (N-methyl/N-ethyl adjacent to an activating group) is 1. The second kappa shape index (κ2) is 11.7. The number of carbonyl (C=O) groups is 2. The van der Waals surface area contributed by atoms with Crippen LogP contribution < -0.4 is 14.7 Å². The van der Waals surface area contributed by atoms with Crippen molar-refractivity contribution < 1.29 is 24.3 Å². The second-order valence-electron chi connectivity index (χ2n) is 10.6. The highest BCUT2D eigenvalue weighted by molar-refractivity contribution is 6.46. The summed E-state index contributed by atoms with van der Waals surface area (Å²) in [6.07, 6.45) is 0. The molecule has 1 aliphatic rings. The summed E-state index contributed by atoms with van der Waals surface area (Å²) in [6, 6.07) is 22.0.